The molecule has 1 N–H and O–H groups in total. The van der Waals surface area contributed by atoms with Crippen LogP contribution >= 0.6 is 23.2 Å². The van der Waals surface area contributed by atoms with Gasteiger partial charge in [0.25, 0.3) is 10.0 Å². The lowest BCUT2D eigenvalue weighted by Crippen LogP contribution is -2.53. The molecule has 0 spiro atoms. The van der Waals surface area contributed by atoms with Crippen LogP contribution in [0.4, 0.5) is 5.69 Å². The molecule has 2 amide bonds. The number of sulfonamides is 1. The van der Waals surface area contributed by atoms with Crippen LogP contribution in [0.2, 0.25) is 10.0 Å². The summed E-state index contributed by atoms with van der Waals surface area (Å²) in [6.45, 7) is 2.94. The van der Waals surface area contributed by atoms with Gasteiger partial charge in [0.05, 0.1) is 17.7 Å². The molecule has 1 fully saturated rings. The maximum absolute atomic E-state index is 14.1. The molecule has 0 aliphatic heterocycles. The monoisotopic (exact) mass is 645 g/mol. The van der Waals surface area contributed by atoms with E-state index in [0.29, 0.717) is 21.4 Å². The van der Waals surface area contributed by atoms with E-state index in [1.165, 1.54) is 24.1 Å². The SMILES string of the molecule is COc1ccc(N(CC(=O)N(Cc2ccc(Cl)cc2Cl)[C@@H](C)C(=O)NC2CCCCC2)S(=O)(=O)c2ccc(C)cc2)cc1. The molecular weight excluding hydrogens is 609 g/mol. The van der Waals surface area contributed by atoms with E-state index in [-0.39, 0.29) is 29.1 Å². The van der Waals surface area contributed by atoms with Crippen molar-refractivity contribution in [3.63, 3.8) is 0 Å². The van der Waals surface area contributed by atoms with Gasteiger partial charge in [-0.15, -0.1) is 0 Å². The molecule has 230 valence electrons. The van der Waals surface area contributed by atoms with Gasteiger partial charge >= 0.3 is 0 Å². The van der Waals surface area contributed by atoms with E-state index in [1.54, 1.807) is 61.5 Å². The largest absolute Gasteiger partial charge is 0.497 e. The van der Waals surface area contributed by atoms with Gasteiger partial charge in [0.15, 0.2) is 0 Å². The second kappa shape index (κ2) is 14.5. The Bertz CT molecular complexity index is 1530. The van der Waals surface area contributed by atoms with E-state index in [0.717, 1.165) is 42.0 Å². The van der Waals surface area contributed by atoms with Crippen molar-refractivity contribution < 1.29 is 22.7 Å². The lowest BCUT2D eigenvalue weighted by Gasteiger charge is -2.33. The van der Waals surface area contributed by atoms with Crippen molar-refractivity contribution in [2.45, 2.75) is 69.5 Å². The van der Waals surface area contributed by atoms with E-state index in [1.807, 2.05) is 6.92 Å². The smallest absolute Gasteiger partial charge is 0.264 e. The topological polar surface area (TPSA) is 96.0 Å². The number of nitrogens with zero attached hydrogens (tertiary/aromatic N) is 2. The molecule has 0 bridgehead atoms. The van der Waals surface area contributed by atoms with Crippen molar-refractivity contribution in [1.29, 1.82) is 0 Å². The molecule has 3 aromatic carbocycles. The fourth-order valence-corrected chi connectivity index (χ4v) is 6.98. The molecule has 1 saturated carbocycles. The van der Waals surface area contributed by atoms with Crippen LogP contribution in [0.1, 0.15) is 50.2 Å². The molecule has 0 saturated heterocycles. The molecule has 0 radical (unpaired) electrons. The normalized spacial score (nSPS) is 14.5. The number of aryl methyl sites for hydroxylation is 1. The number of amides is 2. The van der Waals surface area contributed by atoms with E-state index >= 15 is 0 Å². The number of hydrogen-bond donors (Lipinski definition) is 1. The lowest BCUT2D eigenvalue weighted by molar-refractivity contribution is -0.139. The van der Waals surface area contributed by atoms with Crippen molar-refractivity contribution in [3.8, 4) is 5.75 Å². The Morgan fingerprint density at radius 2 is 1.63 bits per heavy atom. The maximum Gasteiger partial charge on any atom is 0.264 e. The molecular formula is C32H37Cl2N3O5S. The summed E-state index contributed by atoms with van der Waals surface area (Å²) >= 11 is 12.6. The number of rotatable bonds is 11. The summed E-state index contributed by atoms with van der Waals surface area (Å²) in [6, 6.07) is 16.9. The lowest BCUT2D eigenvalue weighted by atomic mass is 9.95. The first kappa shape index (κ1) is 32.6. The van der Waals surface area contributed by atoms with Gasteiger partial charge in [-0.05, 0) is 80.8 Å². The minimum absolute atomic E-state index is 0.0187. The fraction of sp³-hybridized carbons (Fsp3) is 0.375. The van der Waals surface area contributed by atoms with Crippen LogP contribution in [0.3, 0.4) is 0 Å². The summed E-state index contributed by atoms with van der Waals surface area (Å²) in [6.07, 6.45) is 4.98. The number of hydrogen-bond acceptors (Lipinski definition) is 5. The summed E-state index contributed by atoms with van der Waals surface area (Å²) in [7, 11) is -2.66. The highest BCUT2D eigenvalue weighted by Gasteiger charge is 2.33. The van der Waals surface area contributed by atoms with E-state index < -0.39 is 28.5 Å². The quantitative estimate of drug-likeness (QED) is 0.261. The molecule has 11 heteroatoms. The average Bonchev–Trinajstić information content (AvgIpc) is 2.99. The molecule has 1 aliphatic carbocycles. The Morgan fingerprint density at radius 1 is 0.977 bits per heavy atom. The highest BCUT2D eigenvalue weighted by Crippen LogP contribution is 2.28. The Kier molecular flexibility index (Phi) is 11.0. The van der Waals surface area contributed by atoms with Gasteiger partial charge < -0.3 is 15.0 Å². The zero-order chi connectivity index (χ0) is 31.1. The van der Waals surface area contributed by atoms with Crippen LogP contribution in [0.25, 0.3) is 0 Å². The first-order chi connectivity index (χ1) is 20.5. The van der Waals surface area contributed by atoms with Crippen molar-refractivity contribution in [1.82, 2.24) is 10.2 Å². The molecule has 43 heavy (non-hydrogen) atoms. The standard InChI is InChI=1S/C32H37Cl2N3O5S/c1-22-9-17-29(18-10-22)43(40,41)37(27-13-15-28(42-3)16-14-27)21-31(38)36(20-24-11-12-25(33)19-30(24)34)23(2)32(39)35-26-7-5-4-6-8-26/h9-19,23,26H,4-8,20-21H2,1-3H3,(H,35,39)/t23-/m0/s1. The molecule has 1 aliphatic rings. The second-order valence-electron chi connectivity index (χ2n) is 10.8. The third kappa shape index (κ3) is 8.22. The second-order valence-corrected chi connectivity index (χ2v) is 13.5. The summed E-state index contributed by atoms with van der Waals surface area (Å²) in [5.74, 6) is -0.332. The van der Waals surface area contributed by atoms with E-state index in [2.05, 4.69) is 5.32 Å². The zero-order valence-electron chi connectivity index (χ0n) is 24.6. The van der Waals surface area contributed by atoms with Gasteiger partial charge in [0.1, 0.15) is 18.3 Å². The Morgan fingerprint density at radius 3 is 2.23 bits per heavy atom. The first-order valence-electron chi connectivity index (χ1n) is 14.3. The molecule has 4 rings (SSSR count). The van der Waals surface area contributed by atoms with Gasteiger partial charge in [0.2, 0.25) is 11.8 Å². The van der Waals surface area contributed by atoms with Crippen molar-refractivity contribution in [2.24, 2.45) is 0 Å². The summed E-state index contributed by atoms with van der Waals surface area (Å²) in [5, 5.41) is 3.86. The van der Waals surface area contributed by atoms with Gasteiger partial charge in [0, 0.05) is 22.6 Å². The number of carbonyl (C=O) groups is 2. The van der Waals surface area contributed by atoms with Crippen molar-refractivity contribution in [3.05, 3.63) is 87.9 Å². The Balaban J connectivity index is 1.70. The zero-order valence-corrected chi connectivity index (χ0v) is 26.9. The Labute approximate surface area is 264 Å². The van der Waals surface area contributed by atoms with Crippen molar-refractivity contribution >= 4 is 50.7 Å². The molecule has 0 heterocycles. The number of ether oxygens (including phenoxy) is 1. The average molecular weight is 647 g/mol. The number of nitrogens with one attached hydrogen (secondary N) is 1. The number of carbonyl (C=O) groups excluding carboxylic acids is 2. The third-order valence-corrected chi connectivity index (χ3v) is 10.1. The van der Waals surface area contributed by atoms with Crippen molar-refractivity contribution in [2.75, 3.05) is 18.0 Å². The summed E-state index contributed by atoms with van der Waals surface area (Å²) in [5.41, 5.74) is 1.75. The van der Waals surface area contributed by atoms with Gasteiger partial charge in [-0.3, -0.25) is 13.9 Å². The molecule has 0 aromatic heterocycles. The van der Waals surface area contributed by atoms with Crippen LogP contribution in [-0.4, -0.2) is 50.9 Å². The highest BCUT2D eigenvalue weighted by atomic mass is 35.5. The van der Waals surface area contributed by atoms with E-state index in [9.17, 15) is 18.0 Å². The minimum Gasteiger partial charge on any atom is -0.497 e. The van der Waals surface area contributed by atoms with Crippen LogP contribution in [0, 0.1) is 6.92 Å². The molecule has 1 atom stereocenters. The van der Waals surface area contributed by atoms with Gasteiger partial charge in [-0.25, -0.2) is 8.42 Å². The molecule has 3 aromatic rings. The summed E-state index contributed by atoms with van der Waals surface area (Å²) < 4.78 is 34.3. The van der Waals surface area contributed by atoms with Crippen LogP contribution in [0.15, 0.2) is 71.6 Å². The van der Waals surface area contributed by atoms with Gasteiger partial charge in [-0.1, -0.05) is 66.2 Å². The highest BCUT2D eigenvalue weighted by molar-refractivity contribution is 7.92. The van der Waals surface area contributed by atoms with Gasteiger partial charge in [-0.2, -0.15) is 0 Å². The van der Waals surface area contributed by atoms with Crippen LogP contribution < -0.4 is 14.4 Å². The molecule has 8 nitrogen and oxygen atoms in total. The van der Waals surface area contributed by atoms with E-state index in [4.69, 9.17) is 27.9 Å². The van der Waals surface area contributed by atoms with Crippen LogP contribution in [-0.2, 0) is 26.2 Å². The number of halogens is 2. The number of anilines is 1. The number of benzene rings is 3. The predicted octanol–water partition coefficient (Wildman–Crippen LogP) is 6.37. The van der Waals surface area contributed by atoms with Crippen LogP contribution in [0.5, 0.6) is 5.75 Å². The Hall–Kier alpha value is -3.27. The minimum atomic E-state index is -4.17. The third-order valence-electron chi connectivity index (χ3n) is 7.72. The maximum atomic E-state index is 14.1. The fourth-order valence-electron chi connectivity index (χ4n) is 5.10. The number of methoxy groups -OCH3 is 1. The summed E-state index contributed by atoms with van der Waals surface area (Å²) in [4.78, 5) is 29.0. The first-order valence-corrected chi connectivity index (χ1v) is 16.5. The predicted molar refractivity (Wildman–Crippen MR) is 170 cm³/mol. The molecule has 0 unspecified atom stereocenters.